The van der Waals surface area contributed by atoms with Crippen molar-refractivity contribution in [2.24, 2.45) is 0 Å². The number of ether oxygens (including phenoxy) is 2. The summed E-state index contributed by atoms with van der Waals surface area (Å²) in [5.74, 6) is 0.619. The van der Waals surface area contributed by atoms with E-state index in [2.05, 4.69) is 5.32 Å². The van der Waals surface area contributed by atoms with Gasteiger partial charge in [-0.3, -0.25) is 18.7 Å². The third-order valence-corrected chi connectivity index (χ3v) is 8.17. The summed E-state index contributed by atoms with van der Waals surface area (Å²) in [4.78, 5) is 31.3. The highest BCUT2D eigenvalue weighted by Crippen LogP contribution is 2.31. The highest BCUT2D eigenvalue weighted by atomic mass is 32.2. The van der Waals surface area contributed by atoms with Gasteiger partial charge in [0.2, 0.25) is 5.91 Å². The van der Waals surface area contributed by atoms with Gasteiger partial charge in [-0.15, -0.1) is 0 Å². The van der Waals surface area contributed by atoms with E-state index in [-0.39, 0.29) is 23.3 Å². The van der Waals surface area contributed by atoms with Crippen molar-refractivity contribution < 1.29 is 14.3 Å². The first-order chi connectivity index (χ1) is 18.1. The molecule has 0 radical (unpaired) electrons. The molecule has 1 aliphatic heterocycles. The van der Waals surface area contributed by atoms with Crippen LogP contribution in [-0.4, -0.2) is 51.6 Å². The molecule has 0 saturated carbocycles. The number of thioether (sulfide) groups is 1. The molecule has 1 aliphatic rings. The number of carbonyl (C=O) groups is 1. The lowest BCUT2D eigenvalue weighted by Gasteiger charge is -2.14. The number of thiazole rings is 1. The van der Waals surface area contributed by atoms with Crippen LogP contribution in [0.4, 0.5) is 0 Å². The van der Waals surface area contributed by atoms with Gasteiger partial charge in [0.05, 0.1) is 29.8 Å². The van der Waals surface area contributed by atoms with E-state index in [0.29, 0.717) is 44.0 Å². The zero-order valence-electron chi connectivity index (χ0n) is 20.2. The summed E-state index contributed by atoms with van der Waals surface area (Å²) in [6.07, 6.45) is 2.02. The number of nitrogens with one attached hydrogen (secondary N) is 1. The Labute approximate surface area is 227 Å². The number of fused-ring (bicyclic) bond motifs is 1. The van der Waals surface area contributed by atoms with Crippen LogP contribution in [0.3, 0.4) is 0 Å². The fraction of sp³-hybridized carbons (Fsp3) is 0.308. The molecule has 1 fully saturated rings. The molecule has 1 N–H and O–H groups in total. The van der Waals surface area contributed by atoms with Gasteiger partial charge >= 0.3 is 0 Å². The minimum absolute atomic E-state index is 0.0616. The quantitative estimate of drug-likeness (QED) is 0.181. The number of aromatic nitrogens is 3. The molecule has 0 spiro atoms. The third kappa shape index (κ3) is 5.49. The zero-order chi connectivity index (χ0) is 25.8. The Hall–Kier alpha value is -2.99. The Kier molecular flexibility index (Phi) is 8.04. The molecule has 3 heterocycles. The summed E-state index contributed by atoms with van der Waals surface area (Å²) in [6.45, 7) is 3.62. The molecule has 4 aromatic rings. The third-order valence-electron chi connectivity index (χ3n) is 5.88. The van der Waals surface area contributed by atoms with Gasteiger partial charge in [0, 0.05) is 13.2 Å². The molecule has 1 saturated heterocycles. The van der Waals surface area contributed by atoms with Crippen molar-refractivity contribution in [3.8, 4) is 17.1 Å². The summed E-state index contributed by atoms with van der Waals surface area (Å²) in [6, 6.07) is 16.8. The standard InChI is InChI=1S/C26H26N4O4S3/c1-2-33-20-13-7-6-12-19(20)30-23-22(37-26(30)35)24(32)29(17-9-4-3-5-10-17)25(28-23)36-16-21(31)27-15-18-11-8-14-34-18/h3-7,9-10,12-13,18H,2,8,11,14-16H2,1H3,(H,27,31). The molecule has 0 bridgehead atoms. The van der Waals surface area contributed by atoms with Crippen molar-refractivity contribution in [2.75, 3.05) is 25.5 Å². The first-order valence-corrected chi connectivity index (χ1v) is 14.2. The molecule has 11 heteroatoms. The molecule has 2 aromatic carbocycles. The van der Waals surface area contributed by atoms with Crippen LogP contribution in [0.1, 0.15) is 19.8 Å². The Morgan fingerprint density at radius 3 is 2.76 bits per heavy atom. The molecule has 192 valence electrons. The summed E-state index contributed by atoms with van der Waals surface area (Å²) in [7, 11) is 0. The van der Waals surface area contributed by atoms with E-state index in [9.17, 15) is 9.59 Å². The predicted molar refractivity (Wildman–Crippen MR) is 149 cm³/mol. The number of hydrogen-bond acceptors (Lipinski definition) is 8. The number of hydrogen-bond donors (Lipinski definition) is 1. The maximum Gasteiger partial charge on any atom is 0.278 e. The Bertz CT molecular complexity index is 1520. The summed E-state index contributed by atoms with van der Waals surface area (Å²) in [5, 5.41) is 3.34. The number of benzene rings is 2. The van der Waals surface area contributed by atoms with Crippen molar-refractivity contribution in [2.45, 2.75) is 31.0 Å². The average molecular weight is 555 g/mol. The van der Waals surface area contributed by atoms with Gasteiger partial charge in [-0.05, 0) is 56.2 Å². The van der Waals surface area contributed by atoms with Crippen LogP contribution < -0.4 is 15.6 Å². The van der Waals surface area contributed by atoms with E-state index in [4.69, 9.17) is 26.7 Å². The summed E-state index contributed by atoms with van der Waals surface area (Å²) < 4.78 is 15.7. The van der Waals surface area contributed by atoms with Crippen LogP contribution in [-0.2, 0) is 9.53 Å². The lowest BCUT2D eigenvalue weighted by Crippen LogP contribution is -2.33. The van der Waals surface area contributed by atoms with Gasteiger partial charge in [0.25, 0.3) is 5.56 Å². The fourth-order valence-electron chi connectivity index (χ4n) is 4.18. The van der Waals surface area contributed by atoms with Crippen molar-refractivity contribution in [1.82, 2.24) is 19.4 Å². The molecule has 2 aromatic heterocycles. The van der Waals surface area contributed by atoms with Crippen molar-refractivity contribution in [1.29, 1.82) is 0 Å². The second kappa shape index (κ2) is 11.6. The van der Waals surface area contributed by atoms with Gasteiger partial charge in [-0.2, -0.15) is 0 Å². The van der Waals surface area contributed by atoms with E-state index in [1.54, 1.807) is 9.13 Å². The number of rotatable bonds is 9. The second-order valence-electron chi connectivity index (χ2n) is 8.36. The van der Waals surface area contributed by atoms with Crippen molar-refractivity contribution in [3.05, 3.63) is 68.9 Å². The molecule has 1 atom stereocenters. The number of amides is 1. The fourth-order valence-corrected chi connectivity index (χ4v) is 6.31. The lowest BCUT2D eigenvalue weighted by molar-refractivity contribution is -0.119. The maximum absolute atomic E-state index is 13.8. The number of para-hydroxylation sites is 3. The van der Waals surface area contributed by atoms with E-state index in [0.717, 1.165) is 25.1 Å². The van der Waals surface area contributed by atoms with Crippen molar-refractivity contribution >= 4 is 51.6 Å². The minimum atomic E-state index is -0.234. The van der Waals surface area contributed by atoms with Crippen LogP contribution in [0.2, 0.25) is 0 Å². The Morgan fingerprint density at radius 2 is 2.00 bits per heavy atom. The van der Waals surface area contributed by atoms with Gasteiger partial charge in [0.15, 0.2) is 14.8 Å². The first-order valence-electron chi connectivity index (χ1n) is 12.0. The number of nitrogens with zero attached hydrogens (tertiary/aromatic N) is 3. The van der Waals surface area contributed by atoms with E-state index in [1.807, 2.05) is 61.5 Å². The average Bonchev–Trinajstić information content (AvgIpc) is 3.55. The minimum Gasteiger partial charge on any atom is -0.492 e. The smallest absolute Gasteiger partial charge is 0.278 e. The van der Waals surface area contributed by atoms with Gasteiger partial charge < -0.3 is 14.8 Å². The number of carbonyl (C=O) groups excluding carboxylic acids is 1. The molecule has 37 heavy (non-hydrogen) atoms. The lowest BCUT2D eigenvalue weighted by atomic mass is 10.2. The first kappa shape index (κ1) is 25.7. The van der Waals surface area contributed by atoms with Crippen molar-refractivity contribution in [3.63, 3.8) is 0 Å². The van der Waals surface area contributed by atoms with E-state index < -0.39 is 0 Å². The maximum atomic E-state index is 13.8. The van der Waals surface area contributed by atoms with Gasteiger partial charge in [0.1, 0.15) is 10.4 Å². The normalized spacial score (nSPS) is 15.2. The van der Waals surface area contributed by atoms with Gasteiger partial charge in [-0.1, -0.05) is 53.4 Å². The van der Waals surface area contributed by atoms with Crippen LogP contribution >= 0.6 is 35.3 Å². The predicted octanol–water partition coefficient (Wildman–Crippen LogP) is 4.75. The molecular formula is C26H26N4O4S3. The Morgan fingerprint density at radius 1 is 1.22 bits per heavy atom. The summed E-state index contributed by atoms with van der Waals surface area (Å²) >= 11 is 8.12. The zero-order valence-corrected chi connectivity index (χ0v) is 22.7. The SMILES string of the molecule is CCOc1ccccc1-n1c(=S)sc2c(=O)n(-c3ccccc3)c(SCC(=O)NCC3CCCO3)nc21. The molecule has 5 rings (SSSR count). The monoisotopic (exact) mass is 554 g/mol. The van der Waals surface area contributed by atoms with Crippen LogP contribution in [0.5, 0.6) is 5.75 Å². The van der Waals surface area contributed by atoms with E-state index >= 15 is 0 Å². The molecule has 1 amide bonds. The molecule has 0 aliphatic carbocycles. The summed E-state index contributed by atoms with van der Waals surface area (Å²) in [5.41, 5.74) is 1.60. The second-order valence-corrected chi connectivity index (χ2v) is 10.9. The van der Waals surface area contributed by atoms with Crippen LogP contribution in [0, 0.1) is 3.95 Å². The Balaban J connectivity index is 1.56. The highest BCUT2D eigenvalue weighted by molar-refractivity contribution is 7.99. The highest BCUT2D eigenvalue weighted by Gasteiger charge is 2.22. The molecular weight excluding hydrogens is 529 g/mol. The molecule has 1 unspecified atom stereocenters. The topological polar surface area (TPSA) is 87.4 Å². The molecule has 8 nitrogen and oxygen atoms in total. The van der Waals surface area contributed by atoms with Gasteiger partial charge in [-0.25, -0.2) is 4.98 Å². The van der Waals surface area contributed by atoms with E-state index in [1.165, 1.54) is 23.1 Å². The van der Waals surface area contributed by atoms with Crippen LogP contribution in [0.25, 0.3) is 21.7 Å². The largest absolute Gasteiger partial charge is 0.492 e. The van der Waals surface area contributed by atoms with Crippen LogP contribution in [0.15, 0.2) is 64.5 Å².